The molecule has 0 saturated heterocycles. The summed E-state index contributed by atoms with van der Waals surface area (Å²) in [4.78, 5) is 24.2. The van der Waals surface area contributed by atoms with Gasteiger partial charge in [0.2, 0.25) is 0 Å². The number of rotatable bonds is 6. The Balaban J connectivity index is 1.66. The lowest BCUT2D eigenvalue weighted by molar-refractivity contribution is -0.143. The maximum absolute atomic E-state index is 13.6. The van der Waals surface area contributed by atoms with E-state index in [4.69, 9.17) is 0 Å². The SMILES string of the molecule is O=C(NCCNC(=O)c1cnn(-c2ccccc2)c1C(F)(F)F)c1ccccc1. The molecule has 1 aromatic heterocycles. The first-order valence-corrected chi connectivity index (χ1v) is 8.70. The molecule has 0 bridgehead atoms. The molecule has 3 aromatic rings. The number of carbonyl (C=O) groups is 2. The minimum Gasteiger partial charge on any atom is -0.350 e. The van der Waals surface area contributed by atoms with Crippen LogP contribution in [0.2, 0.25) is 0 Å². The van der Waals surface area contributed by atoms with E-state index >= 15 is 0 Å². The molecule has 0 unspecified atom stereocenters. The van der Waals surface area contributed by atoms with Crippen molar-refractivity contribution in [1.29, 1.82) is 0 Å². The van der Waals surface area contributed by atoms with Crippen LogP contribution in [-0.4, -0.2) is 34.7 Å². The van der Waals surface area contributed by atoms with E-state index in [2.05, 4.69) is 15.7 Å². The van der Waals surface area contributed by atoms with Crippen LogP contribution in [-0.2, 0) is 6.18 Å². The maximum atomic E-state index is 13.6. The van der Waals surface area contributed by atoms with Crippen molar-refractivity contribution >= 4 is 11.8 Å². The summed E-state index contributed by atoms with van der Waals surface area (Å²) in [6, 6.07) is 16.2. The fraction of sp³-hybridized carbons (Fsp3) is 0.150. The van der Waals surface area contributed by atoms with Gasteiger partial charge in [-0.15, -0.1) is 0 Å². The molecule has 2 N–H and O–H groups in total. The summed E-state index contributed by atoms with van der Waals surface area (Å²) in [5.74, 6) is -1.26. The van der Waals surface area contributed by atoms with Gasteiger partial charge in [-0.3, -0.25) is 9.59 Å². The number of hydrogen-bond acceptors (Lipinski definition) is 3. The van der Waals surface area contributed by atoms with Gasteiger partial charge in [0.1, 0.15) is 0 Å². The molecule has 0 aliphatic rings. The van der Waals surface area contributed by atoms with Crippen molar-refractivity contribution in [2.24, 2.45) is 0 Å². The zero-order valence-corrected chi connectivity index (χ0v) is 15.1. The molecular formula is C20H17F3N4O2. The number of hydrogen-bond donors (Lipinski definition) is 2. The van der Waals surface area contributed by atoms with Gasteiger partial charge >= 0.3 is 6.18 Å². The molecule has 1 heterocycles. The van der Waals surface area contributed by atoms with Crippen molar-refractivity contribution in [1.82, 2.24) is 20.4 Å². The monoisotopic (exact) mass is 402 g/mol. The van der Waals surface area contributed by atoms with Crippen molar-refractivity contribution in [2.75, 3.05) is 13.1 Å². The number of benzene rings is 2. The van der Waals surface area contributed by atoms with E-state index in [0.29, 0.717) is 10.2 Å². The number of aromatic nitrogens is 2. The topological polar surface area (TPSA) is 76.0 Å². The summed E-state index contributed by atoms with van der Waals surface area (Å²) in [5, 5.41) is 8.70. The number of alkyl halides is 3. The van der Waals surface area contributed by atoms with Gasteiger partial charge in [0.25, 0.3) is 11.8 Å². The molecule has 6 nitrogen and oxygen atoms in total. The summed E-state index contributed by atoms with van der Waals surface area (Å²) in [6.45, 7) is 0.0266. The second kappa shape index (κ2) is 8.59. The van der Waals surface area contributed by atoms with Gasteiger partial charge in [-0.05, 0) is 24.3 Å². The van der Waals surface area contributed by atoms with Crippen molar-refractivity contribution in [3.05, 3.63) is 83.7 Å². The Bertz CT molecular complexity index is 986. The van der Waals surface area contributed by atoms with Crippen molar-refractivity contribution in [3.8, 4) is 5.69 Å². The molecule has 0 atom stereocenters. The van der Waals surface area contributed by atoms with Crippen LogP contribution < -0.4 is 10.6 Å². The fourth-order valence-corrected chi connectivity index (χ4v) is 2.69. The molecule has 0 spiro atoms. The summed E-state index contributed by atoms with van der Waals surface area (Å²) in [5.41, 5.74) is -1.11. The largest absolute Gasteiger partial charge is 0.434 e. The Labute approximate surface area is 164 Å². The summed E-state index contributed by atoms with van der Waals surface area (Å²) >= 11 is 0. The highest BCUT2D eigenvalue weighted by atomic mass is 19.4. The van der Waals surface area contributed by atoms with Gasteiger partial charge in [-0.25, -0.2) is 4.68 Å². The van der Waals surface area contributed by atoms with Crippen LogP contribution in [0.1, 0.15) is 26.4 Å². The van der Waals surface area contributed by atoms with E-state index in [0.717, 1.165) is 6.20 Å². The third-order valence-electron chi connectivity index (χ3n) is 4.02. The molecule has 150 valence electrons. The standard InChI is InChI=1S/C20H17F3N4O2/c21-20(22,23)17-16(13-26-27(17)15-9-5-2-6-10-15)19(29)25-12-11-24-18(28)14-7-3-1-4-8-14/h1-10,13H,11-12H2,(H,24,28)(H,25,29). The van der Waals surface area contributed by atoms with Crippen molar-refractivity contribution in [2.45, 2.75) is 6.18 Å². The minimum absolute atomic E-state index is 0.0365. The zero-order valence-electron chi connectivity index (χ0n) is 15.1. The first-order valence-electron chi connectivity index (χ1n) is 8.70. The second-order valence-corrected chi connectivity index (χ2v) is 6.03. The summed E-state index contributed by atoms with van der Waals surface area (Å²) < 4.78 is 41.4. The first-order chi connectivity index (χ1) is 13.9. The van der Waals surface area contributed by atoms with Crippen LogP contribution in [0.5, 0.6) is 0 Å². The molecule has 0 fully saturated rings. The quantitative estimate of drug-likeness (QED) is 0.623. The lowest BCUT2D eigenvalue weighted by Gasteiger charge is -2.13. The van der Waals surface area contributed by atoms with Crippen molar-refractivity contribution in [3.63, 3.8) is 0 Å². The van der Waals surface area contributed by atoms with Gasteiger partial charge in [-0.2, -0.15) is 18.3 Å². The third-order valence-corrected chi connectivity index (χ3v) is 4.02. The molecule has 0 aliphatic heterocycles. The Morgan fingerprint density at radius 1 is 0.862 bits per heavy atom. The van der Waals surface area contributed by atoms with Gasteiger partial charge < -0.3 is 10.6 Å². The van der Waals surface area contributed by atoms with E-state index in [1.54, 1.807) is 48.5 Å². The average molecular weight is 402 g/mol. The normalized spacial score (nSPS) is 11.1. The number of nitrogens with zero attached hydrogens (tertiary/aromatic N) is 2. The minimum atomic E-state index is -4.78. The summed E-state index contributed by atoms with van der Waals surface area (Å²) in [7, 11) is 0. The smallest absolute Gasteiger partial charge is 0.350 e. The first kappa shape index (κ1) is 20.1. The number of nitrogens with one attached hydrogen (secondary N) is 2. The van der Waals surface area contributed by atoms with Gasteiger partial charge in [0.15, 0.2) is 5.69 Å². The molecule has 0 radical (unpaired) electrons. The number of carbonyl (C=O) groups excluding carboxylic acids is 2. The van der Waals surface area contributed by atoms with Crippen LogP contribution in [0.15, 0.2) is 66.9 Å². The van der Waals surface area contributed by atoms with E-state index in [-0.39, 0.29) is 24.7 Å². The van der Waals surface area contributed by atoms with E-state index in [9.17, 15) is 22.8 Å². The molecule has 9 heteroatoms. The van der Waals surface area contributed by atoms with E-state index in [1.807, 2.05) is 0 Å². The zero-order chi connectivity index (χ0) is 20.9. The number of amides is 2. The summed E-state index contributed by atoms with van der Waals surface area (Å²) in [6.07, 6.45) is -3.89. The van der Waals surface area contributed by atoms with Crippen LogP contribution >= 0.6 is 0 Å². The maximum Gasteiger partial charge on any atom is 0.434 e. The fourth-order valence-electron chi connectivity index (χ4n) is 2.69. The predicted molar refractivity (Wildman–Crippen MR) is 99.7 cm³/mol. The Morgan fingerprint density at radius 3 is 2.00 bits per heavy atom. The van der Waals surface area contributed by atoms with Gasteiger partial charge in [0.05, 0.1) is 17.4 Å². The average Bonchev–Trinajstić information content (AvgIpc) is 3.18. The molecule has 2 amide bonds. The highest BCUT2D eigenvalue weighted by Gasteiger charge is 2.40. The van der Waals surface area contributed by atoms with Crippen LogP contribution in [0, 0.1) is 0 Å². The van der Waals surface area contributed by atoms with Crippen molar-refractivity contribution < 1.29 is 22.8 Å². The van der Waals surface area contributed by atoms with Crippen LogP contribution in [0.4, 0.5) is 13.2 Å². The third kappa shape index (κ3) is 4.81. The van der Waals surface area contributed by atoms with Crippen LogP contribution in [0.25, 0.3) is 5.69 Å². The Kier molecular flexibility index (Phi) is 5.96. The van der Waals surface area contributed by atoms with E-state index < -0.39 is 23.3 Å². The van der Waals surface area contributed by atoms with E-state index in [1.165, 1.54) is 12.1 Å². The number of para-hydroxylation sites is 1. The van der Waals surface area contributed by atoms with Gasteiger partial charge in [0, 0.05) is 18.7 Å². The predicted octanol–water partition coefficient (Wildman–Crippen LogP) is 3.05. The molecule has 2 aromatic carbocycles. The second-order valence-electron chi connectivity index (χ2n) is 6.03. The molecule has 29 heavy (non-hydrogen) atoms. The molecule has 0 saturated carbocycles. The van der Waals surface area contributed by atoms with Gasteiger partial charge in [-0.1, -0.05) is 36.4 Å². The number of halogens is 3. The highest BCUT2D eigenvalue weighted by molar-refractivity contribution is 5.96. The highest BCUT2D eigenvalue weighted by Crippen LogP contribution is 2.33. The Hall–Kier alpha value is -3.62. The molecule has 3 rings (SSSR count). The van der Waals surface area contributed by atoms with Crippen LogP contribution in [0.3, 0.4) is 0 Å². The lowest BCUT2D eigenvalue weighted by Crippen LogP contribution is -2.35. The Morgan fingerprint density at radius 2 is 1.41 bits per heavy atom. The lowest BCUT2D eigenvalue weighted by atomic mass is 10.2. The molecule has 0 aliphatic carbocycles. The molecular weight excluding hydrogens is 385 g/mol.